The predicted octanol–water partition coefficient (Wildman–Crippen LogP) is 4.75. The molecule has 0 bridgehead atoms. The summed E-state index contributed by atoms with van der Waals surface area (Å²) in [5.74, 6) is 0.608. The standard InChI is InChI=1S/C30H30N4O3/c1-30(2,3)23-15-13-22(14-16-23)18-32-20-31-27-26(32)28(35)33(19-21-9-6-5-7-10-21)29(36)34(27)24-11-8-12-25(17-24)37-4/h5-17,20H,18-19H2,1-4H3. The normalized spacial score (nSPS) is 11.7. The Balaban J connectivity index is 1.69. The Labute approximate surface area is 215 Å². The van der Waals surface area contributed by atoms with E-state index in [4.69, 9.17) is 4.74 Å². The number of hydrogen-bond acceptors (Lipinski definition) is 4. The summed E-state index contributed by atoms with van der Waals surface area (Å²) in [7, 11) is 1.58. The Bertz CT molecular complexity index is 1670. The third-order valence-electron chi connectivity index (χ3n) is 6.57. The molecule has 3 aromatic carbocycles. The van der Waals surface area contributed by atoms with E-state index >= 15 is 0 Å². The minimum Gasteiger partial charge on any atom is -0.497 e. The van der Waals surface area contributed by atoms with Crippen LogP contribution in [0.5, 0.6) is 5.75 Å². The largest absolute Gasteiger partial charge is 0.497 e. The van der Waals surface area contributed by atoms with Gasteiger partial charge in [-0.15, -0.1) is 0 Å². The second-order valence-corrected chi connectivity index (χ2v) is 10.2. The molecular formula is C30H30N4O3. The fourth-order valence-corrected chi connectivity index (χ4v) is 4.49. The Kier molecular flexibility index (Phi) is 6.29. The molecule has 0 saturated carbocycles. The summed E-state index contributed by atoms with van der Waals surface area (Å²) in [6.45, 7) is 7.15. The number of methoxy groups -OCH3 is 1. The fraction of sp³-hybridized carbons (Fsp3) is 0.233. The van der Waals surface area contributed by atoms with Gasteiger partial charge in [-0.1, -0.05) is 81.4 Å². The van der Waals surface area contributed by atoms with Gasteiger partial charge in [0.25, 0.3) is 5.56 Å². The molecule has 188 valence electrons. The van der Waals surface area contributed by atoms with Crippen LogP contribution in [0, 0.1) is 0 Å². The van der Waals surface area contributed by atoms with Crippen molar-refractivity contribution in [2.45, 2.75) is 39.3 Å². The minimum absolute atomic E-state index is 0.0538. The molecule has 0 amide bonds. The molecule has 7 nitrogen and oxygen atoms in total. The molecule has 0 radical (unpaired) electrons. The Morgan fingerprint density at radius 2 is 1.54 bits per heavy atom. The maximum Gasteiger partial charge on any atom is 0.337 e. The molecule has 7 heteroatoms. The highest BCUT2D eigenvalue weighted by Gasteiger charge is 2.20. The first kappa shape index (κ1) is 24.3. The molecule has 0 fully saturated rings. The Hall–Kier alpha value is -4.39. The maximum absolute atomic E-state index is 13.8. The lowest BCUT2D eigenvalue weighted by atomic mass is 9.87. The zero-order valence-electron chi connectivity index (χ0n) is 21.5. The van der Waals surface area contributed by atoms with Gasteiger partial charge in [0.05, 0.1) is 25.7 Å². The van der Waals surface area contributed by atoms with E-state index in [-0.39, 0.29) is 17.5 Å². The lowest BCUT2D eigenvalue weighted by molar-refractivity contribution is 0.414. The number of rotatable bonds is 6. The van der Waals surface area contributed by atoms with Crippen LogP contribution in [0.15, 0.2) is 94.8 Å². The zero-order chi connectivity index (χ0) is 26.2. The number of imidazole rings is 1. The van der Waals surface area contributed by atoms with E-state index < -0.39 is 5.69 Å². The van der Waals surface area contributed by atoms with Crippen molar-refractivity contribution >= 4 is 11.2 Å². The SMILES string of the molecule is COc1cccc(-n2c(=O)n(Cc3ccccc3)c(=O)c3c2ncn3Cc2ccc(C(C)(C)C)cc2)c1. The van der Waals surface area contributed by atoms with Gasteiger partial charge >= 0.3 is 5.69 Å². The van der Waals surface area contributed by atoms with E-state index in [2.05, 4.69) is 50.0 Å². The number of nitrogens with zero attached hydrogens (tertiary/aromatic N) is 4. The first-order valence-electron chi connectivity index (χ1n) is 12.2. The Morgan fingerprint density at radius 1 is 0.838 bits per heavy atom. The third-order valence-corrected chi connectivity index (χ3v) is 6.57. The molecule has 2 aromatic heterocycles. The van der Waals surface area contributed by atoms with Gasteiger partial charge in [-0.25, -0.2) is 14.3 Å². The molecule has 0 spiro atoms. The molecule has 0 aliphatic carbocycles. The van der Waals surface area contributed by atoms with E-state index in [0.717, 1.165) is 11.1 Å². The molecule has 0 aliphatic rings. The van der Waals surface area contributed by atoms with Crippen molar-refractivity contribution in [3.63, 3.8) is 0 Å². The van der Waals surface area contributed by atoms with Crippen LogP contribution >= 0.6 is 0 Å². The highest BCUT2D eigenvalue weighted by atomic mass is 16.5. The summed E-state index contributed by atoms with van der Waals surface area (Å²) in [4.78, 5) is 32.1. The van der Waals surface area contributed by atoms with E-state index in [1.807, 2.05) is 53.1 Å². The summed E-state index contributed by atoms with van der Waals surface area (Å²) in [6.07, 6.45) is 1.63. The lowest BCUT2D eigenvalue weighted by Crippen LogP contribution is -2.40. The molecule has 5 rings (SSSR count). The monoisotopic (exact) mass is 494 g/mol. The summed E-state index contributed by atoms with van der Waals surface area (Å²) < 4.78 is 9.97. The smallest absolute Gasteiger partial charge is 0.337 e. The topological polar surface area (TPSA) is 71.1 Å². The molecule has 5 aromatic rings. The van der Waals surface area contributed by atoms with Crippen molar-refractivity contribution in [1.82, 2.24) is 18.7 Å². The first-order chi connectivity index (χ1) is 17.8. The van der Waals surface area contributed by atoms with Crippen LogP contribution in [0.4, 0.5) is 0 Å². The van der Waals surface area contributed by atoms with Crippen LogP contribution < -0.4 is 16.0 Å². The fourth-order valence-electron chi connectivity index (χ4n) is 4.49. The van der Waals surface area contributed by atoms with Crippen LogP contribution in [0.1, 0.15) is 37.5 Å². The van der Waals surface area contributed by atoms with Gasteiger partial charge in [0, 0.05) is 12.6 Å². The molecule has 0 aliphatic heterocycles. The van der Waals surface area contributed by atoms with Gasteiger partial charge in [-0.3, -0.25) is 9.36 Å². The molecule has 0 N–H and O–H groups in total. The highest BCUT2D eigenvalue weighted by Crippen LogP contribution is 2.23. The number of ether oxygens (including phenoxy) is 1. The molecule has 0 unspecified atom stereocenters. The van der Waals surface area contributed by atoms with Gasteiger partial charge in [-0.2, -0.15) is 0 Å². The van der Waals surface area contributed by atoms with Crippen molar-refractivity contribution in [1.29, 1.82) is 0 Å². The van der Waals surface area contributed by atoms with Crippen LogP contribution in [0.25, 0.3) is 16.9 Å². The summed E-state index contributed by atoms with van der Waals surface area (Å²) in [5.41, 5.74) is 3.65. The van der Waals surface area contributed by atoms with Crippen LogP contribution in [-0.2, 0) is 18.5 Å². The van der Waals surface area contributed by atoms with E-state index in [1.54, 1.807) is 19.5 Å². The molecule has 0 saturated heterocycles. The molecule has 2 heterocycles. The zero-order valence-corrected chi connectivity index (χ0v) is 21.5. The second kappa shape index (κ2) is 9.58. The van der Waals surface area contributed by atoms with Gasteiger partial charge in [-0.05, 0) is 34.2 Å². The van der Waals surface area contributed by atoms with Crippen molar-refractivity contribution < 1.29 is 4.74 Å². The lowest BCUT2D eigenvalue weighted by Gasteiger charge is -2.19. The average Bonchev–Trinajstić information content (AvgIpc) is 3.30. The van der Waals surface area contributed by atoms with Gasteiger partial charge in [0.15, 0.2) is 11.2 Å². The maximum atomic E-state index is 13.8. The van der Waals surface area contributed by atoms with Crippen LogP contribution in [0.2, 0.25) is 0 Å². The van der Waals surface area contributed by atoms with Crippen molar-refractivity contribution in [2.24, 2.45) is 0 Å². The molecular weight excluding hydrogens is 464 g/mol. The summed E-state index contributed by atoms with van der Waals surface area (Å²) in [5, 5.41) is 0. The summed E-state index contributed by atoms with van der Waals surface area (Å²) in [6, 6.07) is 25.1. The third kappa shape index (κ3) is 4.72. The predicted molar refractivity (Wildman–Crippen MR) is 146 cm³/mol. The summed E-state index contributed by atoms with van der Waals surface area (Å²) >= 11 is 0. The van der Waals surface area contributed by atoms with Crippen molar-refractivity contribution in [3.8, 4) is 11.4 Å². The molecule has 0 atom stereocenters. The number of hydrogen-bond donors (Lipinski definition) is 0. The second-order valence-electron chi connectivity index (χ2n) is 10.2. The Morgan fingerprint density at radius 3 is 2.22 bits per heavy atom. The van der Waals surface area contributed by atoms with Crippen LogP contribution in [-0.4, -0.2) is 25.8 Å². The first-order valence-corrected chi connectivity index (χ1v) is 12.2. The number of fused-ring (bicyclic) bond motifs is 1. The molecule has 37 heavy (non-hydrogen) atoms. The van der Waals surface area contributed by atoms with Gasteiger partial charge in [0.2, 0.25) is 0 Å². The van der Waals surface area contributed by atoms with Crippen LogP contribution in [0.3, 0.4) is 0 Å². The van der Waals surface area contributed by atoms with E-state index in [1.165, 1.54) is 14.7 Å². The quantitative estimate of drug-likeness (QED) is 0.342. The van der Waals surface area contributed by atoms with Crippen molar-refractivity contribution in [2.75, 3.05) is 7.11 Å². The number of aromatic nitrogens is 4. The van der Waals surface area contributed by atoms with Gasteiger partial charge < -0.3 is 9.30 Å². The van der Waals surface area contributed by atoms with E-state index in [0.29, 0.717) is 29.1 Å². The average molecular weight is 495 g/mol. The van der Waals surface area contributed by atoms with Gasteiger partial charge in [0.1, 0.15) is 5.75 Å². The number of benzene rings is 3. The van der Waals surface area contributed by atoms with Crippen molar-refractivity contribution in [3.05, 3.63) is 123 Å². The van der Waals surface area contributed by atoms with E-state index in [9.17, 15) is 9.59 Å². The minimum atomic E-state index is -0.450. The highest BCUT2D eigenvalue weighted by molar-refractivity contribution is 5.72.